The number of amides is 1. The van der Waals surface area contributed by atoms with E-state index in [2.05, 4.69) is 4.98 Å². The Kier molecular flexibility index (Phi) is 6.49. The minimum atomic E-state index is -1.08. The first-order valence-corrected chi connectivity index (χ1v) is 10.7. The van der Waals surface area contributed by atoms with E-state index in [0.717, 1.165) is 12.0 Å². The Morgan fingerprint density at radius 1 is 1.09 bits per heavy atom. The Hall–Kier alpha value is -4.00. The van der Waals surface area contributed by atoms with Crippen molar-refractivity contribution in [2.24, 2.45) is 0 Å². The fourth-order valence-corrected chi connectivity index (χ4v) is 3.86. The van der Waals surface area contributed by atoms with Gasteiger partial charge in [0.05, 0.1) is 18.2 Å². The van der Waals surface area contributed by atoms with Crippen molar-refractivity contribution >= 4 is 17.4 Å². The van der Waals surface area contributed by atoms with Crippen molar-refractivity contribution < 1.29 is 23.8 Å². The van der Waals surface area contributed by atoms with E-state index in [-0.39, 0.29) is 23.4 Å². The second kappa shape index (κ2) is 9.65. The number of carbonyl (C=O) groups excluding carboxylic acids is 2. The van der Waals surface area contributed by atoms with E-state index >= 15 is 0 Å². The number of rotatable bonds is 7. The van der Waals surface area contributed by atoms with Gasteiger partial charge in [-0.3, -0.25) is 14.6 Å². The van der Waals surface area contributed by atoms with Gasteiger partial charge in [-0.1, -0.05) is 37.3 Å². The van der Waals surface area contributed by atoms with E-state index in [1.54, 1.807) is 54.9 Å². The van der Waals surface area contributed by atoms with E-state index in [4.69, 9.17) is 4.74 Å². The van der Waals surface area contributed by atoms with Crippen LogP contribution in [0.3, 0.4) is 0 Å². The molecule has 2 aromatic carbocycles. The number of aromatic nitrogens is 1. The summed E-state index contributed by atoms with van der Waals surface area (Å²) in [6.45, 7) is 2.53. The van der Waals surface area contributed by atoms with Gasteiger partial charge in [-0.2, -0.15) is 0 Å². The van der Waals surface area contributed by atoms with E-state index in [0.29, 0.717) is 17.9 Å². The van der Waals surface area contributed by atoms with Gasteiger partial charge in [0.2, 0.25) is 0 Å². The van der Waals surface area contributed by atoms with Crippen molar-refractivity contribution in [2.45, 2.75) is 25.9 Å². The number of likely N-dealkylation sites (tertiary alicyclic amines) is 1. The summed E-state index contributed by atoms with van der Waals surface area (Å²) in [6.07, 6.45) is 3.96. The SMILES string of the molecule is CCCOc1cccc(/C(O)=C2\C(=O)C(=O)N(Cc3ccncc3)C2c2ccccc2F)c1. The van der Waals surface area contributed by atoms with Crippen LogP contribution < -0.4 is 4.74 Å². The van der Waals surface area contributed by atoms with Crippen molar-refractivity contribution in [3.63, 3.8) is 0 Å². The Balaban J connectivity index is 1.84. The Labute approximate surface area is 191 Å². The van der Waals surface area contributed by atoms with Gasteiger partial charge in [0.15, 0.2) is 0 Å². The van der Waals surface area contributed by atoms with Crippen LogP contribution in [0.1, 0.15) is 36.1 Å². The predicted octanol–water partition coefficient (Wildman–Crippen LogP) is 4.63. The molecule has 1 fully saturated rings. The summed E-state index contributed by atoms with van der Waals surface area (Å²) < 4.78 is 20.5. The van der Waals surface area contributed by atoms with E-state index in [9.17, 15) is 19.1 Å². The van der Waals surface area contributed by atoms with E-state index in [1.807, 2.05) is 6.92 Å². The molecule has 0 saturated carbocycles. The summed E-state index contributed by atoms with van der Waals surface area (Å²) in [7, 11) is 0. The number of halogens is 1. The number of Topliss-reactive ketones (excluding diaryl/α,β-unsaturated/α-hetero) is 1. The van der Waals surface area contributed by atoms with Crippen molar-refractivity contribution in [3.8, 4) is 5.75 Å². The zero-order chi connectivity index (χ0) is 23.4. The minimum absolute atomic E-state index is 0.0581. The first-order chi connectivity index (χ1) is 16.0. The van der Waals surface area contributed by atoms with Gasteiger partial charge < -0.3 is 14.7 Å². The third kappa shape index (κ3) is 4.48. The predicted molar refractivity (Wildman–Crippen MR) is 121 cm³/mol. The highest BCUT2D eigenvalue weighted by molar-refractivity contribution is 6.46. The smallest absolute Gasteiger partial charge is 0.295 e. The van der Waals surface area contributed by atoms with E-state index < -0.39 is 23.5 Å². The maximum Gasteiger partial charge on any atom is 0.295 e. The van der Waals surface area contributed by atoms with Crippen LogP contribution in [0.2, 0.25) is 0 Å². The van der Waals surface area contributed by atoms with Gasteiger partial charge >= 0.3 is 0 Å². The number of hydrogen-bond acceptors (Lipinski definition) is 5. The fourth-order valence-electron chi connectivity index (χ4n) is 3.86. The highest BCUT2D eigenvalue weighted by atomic mass is 19.1. The summed E-state index contributed by atoms with van der Waals surface area (Å²) in [5.41, 5.74) is 1.01. The third-order valence-corrected chi connectivity index (χ3v) is 5.42. The monoisotopic (exact) mass is 446 g/mol. The number of nitrogens with zero attached hydrogens (tertiary/aromatic N) is 2. The summed E-state index contributed by atoms with van der Waals surface area (Å²) >= 11 is 0. The average molecular weight is 446 g/mol. The van der Waals surface area contributed by atoms with Crippen molar-refractivity contribution in [2.75, 3.05) is 6.61 Å². The van der Waals surface area contributed by atoms with Gasteiger partial charge in [0.1, 0.15) is 17.3 Å². The lowest BCUT2D eigenvalue weighted by atomic mass is 9.94. The number of hydrogen-bond donors (Lipinski definition) is 1. The zero-order valence-corrected chi connectivity index (χ0v) is 18.1. The molecule has 1 N–H and O–H groups in total. The maximum atomic E-state index is 14.9. The molecule has 1 aliphatic heterocycles. The molecule has 1 saturated heterocycles. The van der Waals surface area contributed by atoms with Crippen LogP contribution >= 0.6 is 0 Å². The highest BCUT2D eigenvalue weighted by Crippen LogP contribution is 2.41. The second-order valence-corrected chi connectivity index (χ2v) is 7.68. The topological polar surface area (TPSA) is 79.7 Å². The van der Waals surface area contributed by atoms with Crippen LogP contribution in [0, 0.1) is 5.82 Å². The second-order valence-electron chi connectivity index (χ2n) is 7.68. The molecule has 1 amide bonds. The molecule has 33 heavy (non-hydrogen) atoms. The molecule has 2 heterocycles. The number of ether oxygens (including phenoxy) is 1. The first-order valence-electron chi connectivity index (χ1n) is 10.7. The molecule has 1 aromatic heterocycles. The molecule has 1 unspecified atom stereocenters. The van der Waals surface area contributed by atoms with Crippen molar-refractivity contribution in [1.82, 2.24) is 9.88 Å². The Morgan fingerprint density at radius 2 is 1.85 bits per heavy atom. The minimum Gasteiger partial charge on any atom is -0.507 e. The van der Waals surface area contributed by atoms with E-state index in [1.165, 1.54) is 23.1 Å². The molecule has 168 valence electrons. The molecule has 0 aliphatic carbocycles. The molecule has 7 heteroatoms. The van der Waals surface area contributed by atoms with Crippen LogP contribution in [0.4, 0.5) is 4.39 Å². The molecule has 1 aliphatic rings. The normalized spacial score (nSPS) is 17.4. The van der Waals surface area contributed by atoms with Gasteiger partial charge in [0, 0.05) is 30.1 Å². The van der Waals surface area contributed by atoms with Crippen LogP contribution in [0.5, 0.6) is 5.75 Å². The first kappa shape index (κ1) is 22.2. The molecule has 0 spiro atoms. The van der Waals surface area contributed by atoms with Crippen LogP contribution in [0.15, 0.2) is 78.6 Å². The standard InChI is InChI=1S/C26H23FN2O4/c1-2-14-33-19-7-5-6-18(15-19)24(30)22-23(20-8-3-4-9-21(20)27)29(26(32)25(22)31)16-17-10-12-28-13-11-17/h3-13,15,23,30H,2,14,16H2,1H3/b24-22+. The molecule has 6 nitrogen and oxygen atoms in total. The Bertz CT molecular complexity index is 1210. The fraction of sp³-hybridized carbons (Fsp3) is 0.192. The number of aliphatic hydroxyl groups excluding tert-OH is 1. The lowest BCUT2D eigenvalue weighted by Gasteiger charge is -2.25. The van der Waals surface area contributed by atoms with Crippen LogP contribution in [-0.2, 0) is 16.1 Å². The molecular formula is C26H23FN2O4. The summed E-state index contributed by atoms with van der Waals surface area (Å²) in [6, 6.07) is 14.9. The summed E-state index contributed by atoms with van der Waals surface area (Å²) in [4.78, 5) is 31.4. The average Bonchev–Trinajstić information content (AvgIpc) is 3.08. The van der Waals surface area contributed by atoms with Crippen LogP contribution in [0.25, 0.3) is 5.76 Å². The number of pyridine rings is 1. The zero-order valence-electron chi connectivity index (χ0n) is 18.1. The van der Waals surface area contributed by atoms with Crippen molar-refractivity contribution in [3.05, 3.63) is 101 Å². The molecular weight excluding hydrogens is 423 g/mol. The molecule has 0 radical (unpaired) electrons. The van der Waals surface area contributed by atoms with Crippen molar-refractivity contribution in [1.29, 1.82) is 0 Å². The Morgan fingerprint density at radius 3 is 2.58 bits per heavy atom. The lowest BCUT2D eigenvalue weighted by Crippen LogP contribution is -2.29. The van der Waals surface area contributed by atoms with Crippen LogP contribution in [-0.4, -0.2) is 33.3 Å². The molecule has 3 aromatic rings. The van der Waals surface area contributed by atoms with Gasteiger partial charge in [-0.05, 0) is 42.3 Å². The summed E-state index contributed by atoms with van der Waals surface area (Å²) in [5.74, 6) is -2.10. The number of carbonyl (C=O) groups is 2. The highest BCUT2D eigenvalue weighted by Gasteiger charge is 2.46. The quantitative estimate of drug-likeness (QED) is 0.325. The third-order valence-electron chi connectivity index (χ3n) is 5.42. The molecule has 1 atom stereocenters. The van der Waals surface area contributed by atoms with Gasteiger partial charge in [-0.25, -0.2) is 4.39 Å². The van der Waals surface area contributed by atoms with Gasteiger partial charge in [0.25, 0.3) is 11.7 Å². The number of ketones is 1. The molecule has 4 rings (SSSR count). The summed E-state index contributed by atoms with van der Waals surface area (Å²) in [5, 5.41) is 11.2. The molecule has 0 bridgehead atoms. The van der Waals surface area contributed by atoms with Gasteiger partial charge in [-0.15, -0.1) is 0 Å². The largest absolute Gasteiger partial charge is 0.507 e. The maximum absolute atomic E-state index is 14.9. The number of benzene rings is 2. The lowest BCUT2D eigenvalue weighted by molar-refractivity contribution is -0.140. The number of aliphatic hydroxyl groups is 1.